The minimum atomic E-state index is 0.619. The number of rotatable bonds is 1. The summed E-state index contributed by atoms with van der Waals surface area (Å²) in [5.74, 6) is 0. The summed E-state index contributed by atoms with van der Waals surface area (Å²) in [5.41, 5.74) is 1.77. The molecule has 0 spiro atoms. The molecule has 0 aliphatic rings. The molecule has 0 aliphatic heterocycles. The van der Waals surface area contributed by atoms with E-state index in [4.69, 9.17) is 23.2 Å². The van der Waals surface area contributed by atoms with Gasteiger partial charge in [-0.2, -0.15) is 4.37 Å². The van der Waals surface area contributed by atoms with Gasteiger partial charge in [0, 0.05) is 15.5 Å². The summed E-state index contributed by atoms with van der Waals surface area (Å²) in [6, 6.07) is 5.41. The smallest absolute Gasteiger partial charge is 0.1000 e. The van der Waals surface area contributed by atoms with Crippen molar-refractivity contribution in [2.75, 3.05) is 0 Å². The fourth-order valence-electron chi connectivity index (χ4n) is 1.21. The molecule has 5 heteroatoms. The van der Waals surface area contributed by atoms with Crippen LogP contribution in [-0.4, -0.2) is 4.37 Å². The number of aromatic nitrogens is 1. The predicted molar refractivity (Wildman–Crippen MR) is 70.0 cm³/mol. The Labute approximate surface area is 110 Å². The third-order valence-electron chi connectivity index (χ3n) is 1.98. The highest BCUT2D eigenvalue weighted by atomic mass is 79.9. The third-order valence-corrected chi connectivity index (χ3v) is 4.51. The third kappa shape index (κ3) is 2.21. The van der Waals surface area contributed by atoms with E-state index < -0.39 is 0 Å². The van der Waals surface area contributed by atoms with Gasteiger partial charge in [-0.15, -0.1) is 0 Å². The van der Waals surface area contributed by atoms with Gasteiger partial charge in [0.1, 0.15) is 0 Å². The molecule has 15 heavy (non-hydrogen) atoms. The molecule has 0 bridgehead atoms. The molecule has 0 N–H and O–H groups in total. The molecule has 2 aromatic rings. The minimum absolute atomic E-state index is 0.619. The van der Waals surface area contributed by atoms with Gasteiger partial charge in [0.15, 0.2) is 0 Å². The van der Waals surface area contributed by atoms with Crippen LogP contribution in [0.15, 0.2) is 22.7 Å². The van der Waals surface area contributed by atoms with Gasteiger partial charge in [0.05, 0.1) is 15.2 Å². The normalized spacial score (nSPS) is 10.7. The first-order valence-electron chi connectivity index (χ1n) is 4.17. The number of halogens is 3. The number of hydrogen-bond acceptors (Lipinski definition) is 2. The Kier molecular flexibility index (Phi) is 3.36. The Balaban J connectivity index is 2.59. The highest BCUT2D eigenvalue weighted by molar-refractivity contribution is 9.10. The average Bonchev–Trinajstić information content (AvgIpc) is 2.49. The lowest BCUT2D eigenvalue weighted by molar-refractivity contribution is 1.48. The van der Waals surface area contributed by atoms with Gasteiger partial charge >= 0.3 is 0 Å². The van der Waals surface area contributed by atoms with Gasteiger partial charge < -0.3 is 0 Å². The van der Waals surface area contributed by atoms with E-state index in [1.165, 1.54) is 11.5 Å². The first-order chi connectivity index (χ1) is 7.09. The molecule has 0 fully saturated rings. The maximum absolute atomic E-state index is 6.10. The molecule has 0 unspecified atom stereocenters. The van der Waals surface area contributed by atoms with Crippen LogP contribution in [0.3, 0.4) is 0 Å². The number of benzene rings is 1. The Hall–Kier alpha value is -0.0900. The second kappa shape index (κ2) is 4.42. The van der Waals surface area contributed by atoms with Crippen LogP contribution < -0.4 is 0 Å². The molecule has 2 rings (SSSR count). The van der Waals surface area contributed by atoms with Crippen molar-refractivity contribution in [2.24, 2.45) is 0 Å². The van der Waals surface area contributed by atoms with Crippen molar-refractivity contribution in [3.63, 3.8) is 0 Å². The summed E-state index contributed by atoms with van der Waals surface area (Å²) >= 11 is 16.9. The second-order valence-corrected chi connectivity index (χ2v) is 5.64. The Morgan fingerprint density at radius 3 is 2.60 bits per heavy atom. The van der Waals surface area contributed by atoms with Gasteiger partial charge in [0.2, 0.25) is 0 Å². The second-order valence-electron chi connectivity index (χ2n) is 3.03. The highest BCUT2D eigenvalue weighted by Gasteiger charge is 2.13. The van der Waals surface area contributed by atoms with E-state index >= 15 is 0 Å². The fraction of sp³-hybridized carbons (Fsp3) is 0.100. The van der Waals surface area contributed by atoms with Crippen LogP contribution in [-0.2, 0) is 0 Å². The van der Waals surface area contributed by atoms with E-state index in [2.05, 4.69) is 20.3 Å². The summed E-state index contributed by atoms with van der Waals surface area (Å²) in [5, 5.41) is 1.25. The van der Waals surface area contributed by atoms with Crippen molar-refractivity contribution in [2.45, 2.75) is 6.92 Å². The van der Waals surface area contributed by atoms with E-state index in [0.717, 1.165) is 20.6 Å². The van der Waals surface area contributed by atoms with Gasteiger partial charge in [-0.05, 0) is 52.6 Å². The topological polar surface area (TPSA) is 12.9 Å². The maximum atomic E-state index is 6.10. The molecule has 0 amide bonds. The largest absolute Gasteiger partial charge is 0.191 e. The zero-order valence-electron chi connectivity index (χ0n) is 7.72. The van der Waals surface area contributed by atoms with Gasteiger partial charge in [0.25, 0.3) is 0 Å². The summed E-state index contributed by atoms with van der Waals surface area (Å²) < 4.78 is 5.34. The van der Waals surface area contributed by atoms with Crippen molar-refractivity contribution in [1.82, 2.24) is 4.37 Å². The molecule has 0 atom stereocenters. The molecule has 1 heterocycles. The molecule has 0 saturated heterocycles. The van der Waals surface area contributed by atoms with Crippen molar-refractivity contribution in [1.29, 1.82) is 0 Å². The van der Waals surface area contributed by atoms with Crippen LogP contribution >= 0.6 is 50.7 Å². The molecule has 1 nitrogen and oxygen atoms in total. The molecular weight excluding hydrogens is 317 g/mol. The Bertz CT molecular complexity index is 510. The average molecular weight is 323 g/mol. The molecule has 0 saturated carbocycles. The summed E-state index contributed by atoms with van der Waals surface area (Å²) in [6.07, 6.45) is 0. The number of aryl methyl sites for hydroxylation is 1. The molecule has 0 radical (unpaired) electrons. The number of hydrogen-bond donors (Lipinski definition) is 0. The molecule has 1 aromatic carbocycles. The predicted octanol–water partition coefficient (Wildman–Crippen LogP) is 5.19. The monoisotopic (exact) mass is 321 g/mol. The lowest BCUT2D eigenvalue weighted by atomic mass is 10.1. The highest BCUT2D eigenvalue weighted by Crippen LogP contribution is 2.37. The zero-order chi connectivity index (χ0) is 11.0. The van der Waals surface area contributed by atoms with E-state index in [9.17, 15) is 0 Å². The quantitative estimate of drug-likeness (QED) is 0.704. The molecule has 0 aliphatic carbocycles. The standard InChI is InChI=1S/C10H6BrCl2NS/c1-5-9(11)10(14-15-5)7-3-2-6(12)4-8(7)13/h2-4H,1H3. The lowest BCUT2D eigenvalue weighted by Gasteiger charge is -2.02. The number of nitrogens with zero attached hydrogens (tertiary/aromatic N) is 1. The van der Waals surface area contributed by atoms with E-state index in [-0.39, 0.29) is 0 Å². The minimum Gasteiger partial charge on any atom is -0.191 e. The molecule has 78 valence electrons. The summed E-state index contributed by atoms with van der Waals surface area (Å²) in [7, 11) is 0. The zero-order valence-corrected chi connectivity index (χ0v) is 11.6. The SMILES string of the molecule is Cc1snc(-c2ccc(Cl)cc2Cl)c1Br. The Morgan fingerprint density at radius 2 is 2.07 bits per heavy atom. The van der Waals surface area contributed by atoms with Crippen LogP contribution in [0.25, 0.3) is 11.3 Å². The first kappa shape index (κ1) is 11.4. The fourth-order valence-corrected chi connectivity index (χ4v) is 2.94. The van der Waals surface area contributed by atoms with E-state index in [1.54, 1.807) is 6.07 Å². The first-order valence-corrected chi connectivity index (χ1v) is 6.49. The maximum Gasteiger partial charge on any atom is 0.1000 e. The van der Waals surface area contributed by atoms with Crippen molar-refractivity contribution in [3.8, 4) is 11.3 Å². The van der Waals surface area contributed by atoms with Crippen LogP contribution in [0.4, 0.5) is 0 Å². The van der Waals surface area contributed by atoms with Gasteiger partial charge in [-0.25, -0.2) is 0 Å². The Morgan fingerprint density at radius 1 is 1.33 bits per heavy atom. The van der Waals surface area contributed by atoms with Crippen LogP contribution in [0.2, 0.25) is 10.0 Å². The van der Waals surface area contributed by atoms with Gasteiger partial charge in [-0.1, -0.05) is 23.2 Å². The summed E-state index contributed by atoms with van der Waals surface area (Å²) in [4.78, 5) is 1.14. The van der Waals surface area contributed by atoms with E-state index in [0.29, 0.717) is 10.0 Å². The van der Waals surface area contributed by atoms with Crippen LogP contribution in [0.1, 0.15) is 4.88 Å². The lowest BCUT2D eigenvalue weighted by Crippen LogP contribution is -1.80. The van der Waals surface area contributed by atoms with Crippen molar-refractivity contribution in [3.05, 3.63) is 37.6 Å². The van der Waals surface area contributed by atoms with Crippen LogP contribution in [0, 0.1) is 6.92 Å². The van der Waals surface area contributed by atoms with E-state index in [1.807, 2.05) is 19.1 Å². The van der Waals surface area contributed by atoms with Crippen molar-refractivity contribution >= 4 is 50.7 Å². The van der Waals surface area contributed by atoms with Crippen molar-refractivity contribution < 1.29 is 0 Å². The molecule has 1 aromatic heterocycles. The van der Waals surface area contributed by atoms with Gasteiger partial charge in [-0.3, -0.25) is 0 Å². The molecular formula is C10H6BrCl2NS. The van der Waals surface area contributed by atoms with Crippen LogP contribution in [0.5, 0.6) is 0 Å². The summed E-state index contributed by atoms with van der Waals surface area (Å²) in [6.45, 7) is 2.01.